The second-order valence-corrected chi connectivity index (χ2v) is 2.82. The molecular formula is C10H15N. The van der Waals surface area contributed by atoms with Crippen LogP contribution in [0.25, 0.3) is 0 Å². The number of nitrogens with one attached hydrogen (secondary N) is 1. The Bertz CT molecular complexity index is 193. The summed E-state index contributed by atoms with van der Waals surface area (Å²) in [7, 11) is 0. The summed E-state index contributed by atoms with van der Waals surface area (Å²) in [5.74, 6) is 0. The van der Waals surface area contributed by atoms with Gasteiger partial charge in [-0.05, 0) is 25.5 Å². The Hall–Kier alpha value is -0.980. The summed E-state index contributed by atoms with van der Waals surface area (Å²) < 4.78 is 0. The molecule has 0 unspecified atom stereocenters. The van der Waals surface area contributed by atoms with Crippen LogP contribution in [0.3, 0.4) is 0 Å². The molecule has 0 heterocycles. The Morgan fingerprint density at radius 2 is 1.91 bits per heavy atom. The van der Waals surface area contributed by atoms with Crippen molar-refractivity contribution in [3.8, 4) is 0 Å². The third kappa shape index (κ3) is 2.62. The Morgan fingerprint density at radius 1 is 1.27 bits per heavy atom. The lowest BCUT2D eigenvalue weighted by atomic mass is 10.2. The van der Waals surface area contributed by atoms with Crippen molar-refractivity contribution in [3.63, 3.8) is 0 Å². The summed E-state index contributed by atoms with van der Waals surface area (Å²) in [5, 5.41) is 3.39. The molecule has 0 saturated carbocycles. The molecule has 1 atom stereocenters. The normalized spacial score (nSPS) is 12.5. The van der Waals surface area contributed by atoms with E-state index in [1.807, 2.05) is 18.2 Å². The lowest BCUT2D eigenvalue weighted by Gasteiger charge is -2.11. The second kappa shape index (κ2) is 4.02. The highest BCUT2D eigenvalue weighted by molar-refractivity contribution is 5.43. The number of anilines is 1. The molecule has 0 aliphatic carbocycles. The molecule has 1 N–H and O–H groups in total. The van der Waals surface area contributed by atoms with E-state index < -0.39 is 0 Å². The quantitative estimate of drug-likeness (QED) is 0.696. The molecule has 1 aromatic carbocycles. The van der Waals surface area contributed by atoms with Gasteiger partial charge < -0.3 is 5.32 Å². The minimum Gasteiger partial charge on any atom is -0.383 e. The number of hydrogen-bond acceptors (Lipinski definition) is 1. The van der Waals surface area contributed by atoms with Crippen molar-refractivity contribution in [1.82, 2.24) is 0 Å². The average molecular weight is 149 g/mol. The minimum absolute atomic E-state index is 0.567. The van der Waals surface area contributed by atoms with Crippen molar-refractivity contribution in [2.75, 3.05) is 5.32 Å². The van der Waals surface area contributed by atoms with Gasteiger partial charge in [-0.1, -0.05) is 25.1 Å². The zero-order valence-corrected chi connectivity index (χ0v) is 7.17. The second-order valence-electron chi connectivity index (χ2n) is 2.82. The van der Waals surface area contributed by atoms with Crippen LogP contribution in [0.1, 0.15) is 20.3 Å². The standard InChI is InChI=1S/C10H15N/c1-3-9(2)11-10-7-5-4-6-8-10/h4-9,11H,3H2,1-2H3/t9-/m1/s1. The van der Waals surface area contributed by atoms with Gasteiger partial charge in [0.15, 0.2) is 0 Å². The van der Waals surface area contributed by atoms with Crippen LogP contribution in [-0.2, 0) is 0 Å². The fourth-order valence-electron chi connectivity index (χ4n) is 0.921. The Balaban J connectivity index is 2.51. The molecule has 0 fully saturated rings. The van der Waals surface area contributed by atoms with E-state index >= 15 is 0 Å². The fraction of sp³-hybridized carbons (Fsp3) is 0.400. The van der Waals surface area contributed by atoms with Crippen LogP contribution in [0.4, 0.5) is 5.69 Å². The molecule has 0 spiro atoms. The Labute approximate surface area is 68.4 Å². The highest BCUT2D eigenvalue weighted by atomic mass is 14.9. The van der Waals surface area contributed by atoms with Gasteiger partial charge >= 0.3 is 0 Å². The smallest absolute Gasteiger partial charge is 0.0342 e. The lowest BCUT2D eigenvalue weighted by Crippen LogP contribution is -2.12. The maximum Gasteiger partial charge on any atom is 0.0342 e. The zero-order valence-electron chi connectivity index (χ0n) is 7.17. The Kier molecular flexibility index (Phi) is 2.96. The molecule has 60 valence electrons. The van der Waals surface area contributed by atoms with Crippen molar-refractivity contribution in [2.24, 2.45) is 0 Å². The van der Waals surface area contributed by atoms with Gasteiger partial charge in [0.25, 0.3) is 0 Å². The van der Waals surface area contributed by atoms with Gasteiger partial charge in [0, 0.05) is 11.7 Å². The molecule has 1 heteroatoms. The third-order valence-corrected chi connectivity index (χ3v) is 1.80. The van der Waals surface area contributed by atoms with Gasteiger partial charge in [-0.15, -0.1) is 0 Å². The maximum absolute atomic E-state index is 3.39. The van der Waals surface area contributed by atoms with Gasteiger partial charge in [-0.25, -0.2) is 0 Å². The summed E-state index contributed by atoms with van der Waals surface area (Å²) in [6.45, 7) is 4.37. The minimum atomic E-state index is 0.567. The monoisotopic (exact) mass is 149 g/mol. The molecular weight excluding hydrogens is 134 g/mol. The van der Waals surface area contributed by atoms with Crippen molar-refractivity contribution in [3.05, 3.63) is 30.3 Å². The first kappa shape index (κ1) is 8.12. The molecule has 0 amide bonds. The number of hydrogen-bond donors (Lipinski definition) is 1. The molecule has 0 radical (unpaired) electrons. The molecule has 0 bridgehead atoms. The summed E-state index contributed by atoms with van der Waals surface area (Å²) in [4.78, 5) is 0. The van der Waals surface area contributed by atoms with Crippen molar-refractivity contribution >= 4 is 5.69 Å². The lowest BCUT2D eigenvalue weighted by molar-refractivity contribution is 0.764. The molecule has 0 saturated heterocycles. The predicted molar refractivity (Wildman–Crippen MR) is 49.8 cm³/mol. The van der Waals surface area contributed by atoms with Gasteiger partial charge in [-0.3, -0.25) is 0 Å². The van der Waals surface area contributed by atoms with E-state index in [1.165, 1.54) is 5.69 Å². The molecule has 0 aliphatic rings. The number of benzene rings is 1. The van der Waals surface area contributed by atoms with Crippen LogP contribution in [-0.4, -0.2) is 6.04 Å². The molecule has 0 aromatic heterocycles. The Morgan fingerprint density at radius 3 is 2.45 bits per heavy atom. The van der Waals surface area contributed by atoms with Gasteiger partial charge in [0.05, 0.1) is 0 Å². The SMILES string of the molecule is CC[C@@H](C)Nc1ccccc1. The van der Waals surface area contributed by atoms with Gasteiger partial charge in [-0.2, -0.15) is 0 Å². The molecule has 1 nitrogen and oxygen atoms in total. The van der Waals surface area contributed by atoms with Crippen LogP contribution in [0, 0.1) is 0 Å². The van der Waals surface area contributed by atoms with Crippen molar-refractivity contribution < 1.29 is 0 Å². The van der Waals surface area contributed by atoms with Gasteiger partial charge in [0.1, 0.15) is 0 Å². The molecule has 1 rings (SSSR count). The molecule has 1 aromatic rings. The zero-order chi connectivity index (χ0) is 8.10. The summed E-state index contributed by atoms with van der Waals surface area (Å²) in [5.41, 5.74) is 1.21. The first-order valence-electron chi connectivity index (χ1n) is 4.14. The van der Waals surface area contributed by atoms with Crippen LogP contribution in [0.5, 0.6) is 0 Å². The van der Waals surface area contributed by atoms with Crippen LogP contribution >= 0.6 is 0 Å². The highest BCUT2D eigenvalue weighted by Gasteiger charge is 1.95. The fourth-order valence-corrected chi connectivity index (χ4v) is 0.921. The van der Waals surface area contributed by atoms with E-state index in [1.54, 1.807) is 0 Å². The third-order valence-electron chi connectivity index (χ3n) is 1.80. The van der Waals surface area contributed by atoms with E-state index in [9.17, 15) is 0 Å². The first-order chi connectivity index (χ1) is 5.33. The van der Waals surface area contributed by atoms with Crippen LogP contribution < -0.4 is 5.32 Å². The first-order valence-corrected chi connectivity index (χ1v) is 4.14. The molecule has 0 aliphatic heterocycles. The topological polar surface area (TPSA) is 12.0 Å². The largest absolute Gasteiger partial charge is 0.383 e. The maximum atomic E-state index is 3.39. The van der Waals surface area contributed by atoms with Crippen LogP contribution in [0.15, 0.2) is 30.3 Å². The highest BCUT2D eigenvalue weighted by Crippen LogP contribution is 2.07. The van der Waals surface area contributed by atoms with E-state index in [4.69, 9.17) is 0 Å². The average Bonchev–Trinajstić information content (AvgIpc) is 2.06. The van der Waals surface area contributed by atoms with Crippen molar-refractivity contribution in [1.29, 1.82) is 0 Å². The van der Waals surface area contributed by atoms with E-state index in [0.717, 1.165) is 6.42 Å². The summed E-state index contributed by atoms with van der Waals surface area (Å²) in [6.07, 6.45) is 1.16. The molecule has 11 heavy (non-hydrogen) atoms. The van der Waals surface area contributed by atoms with Crippen LogP contribution in [0.2, 0.25) is 0 Å². The van der Waals surface area contributed by atoms with E-state index in [0.29, 0.717) is 6.04 Å². The van der Waals surface area contributed by atoms with Gasteiger partial charge in [0.2, 0.25) is 0 Å². The van der Waals surface area contributed by atoms with Crippen molar-refractivity contribution in [2.45, 2.75) is 26.3 Å². The predicted octanol–water partition coefficient (Wildman–Crippen LogP) is 2.90. The number of para-hydroxylation sites is 1. The van der Waals surface area contributed by atoms with E-state index in [2.05, 4.69) is 31.3 Å². The number of rotatable bonds is 3. The summed E-state index contributed by atoms with van der Waals surface area (Å²) in [6, 6.07) is 10.9. The summed E-state index contributed by atoms with van der Waals surface area (Å²) >= 11 is 0. The van der Waals surface area contributed by atoms with E-state index in [-0.39, 0.29) is 0 Å².